The molecule has 0 unspecified atom stereocenters. The van der Waals surface area contributed by atoms with Gasteiger partial charge in [0.15, 0.2) is 0 Å². The van der Waals surface area contributed by atoms with Crippen molar-refractivity contribution in [3.8, 4) is 16.9 Å². The van der Waals surface area contributed by atoms with Crippen LogP contribution in [0.25, 0.3) is 11.1 Å². The molecule has 21 heavy (non-hydrogen) atoms. The van der Waals surface area contributed by atoms with E-state index in [1.54, 1.807) is 0 Å². The molecule has 7 heteroatoms. The summed E-state index contributed by atoms with van der Waals surface area (Å²) in [5, 5.41) is 0. The van der Waals surface area contributed by atoms with E-state index < -0.39 is 23.9 Å². The molecule has 0 bridgehead atoms. The minimum Gasteiger partial charge on any atom is -0.405 e. The first-order valence-corrected chi connectivity index (χ1v) is 5.61. The van der Waals surface area contributed by atoms with E-state index in [1.807, 2.05) is 0 Å². The smallest absolute Gasteiger partial charge is 0.405 e. The zero-order valence-electron chi connectivity index (χ0n) is 10.2. The fourth-order valence-electron chi connectivity index (χ4n) is 1.78. The predicted molar refractivity (Wildman–Crippen MR) is 62.4 cm³/mol. The molecule has 2 rings (SSSR count). The molecule has 2 aromatic carbocycles. The summed E-state index contributed by atoms with van der Waals surface area (Å²) >= 11 is 0. The van der Waals surface area contributed by atoms with Gasteiger partial charge in [0.2, 0.25) is 0 Å². The molecule has 1 radical (unpaired) electrons. The van der Waals surface area contributed by atoms with Crippen molar-refractivity contribution in [2.75, 3.05) is 0 Å². The summed E-state index contributed by atoms with van der Waals surface area (Å²) in [6, 6.07) is 9.94. The lowest BCUT2D eigenvalue weighted by atomic mass is 9.99. The van der Waals surface area contributed by atoms with Crippen molar-refractivity contribution in [2.24, 2.45) is 0 Å². The average Bonchev–Trinajstić information content (AvgIpc) is 2.36. The Hall–Kier alpha value is -2.18. The fraction of sp³-hybridized carbons (Fsp3) is 0.143. The van der Waals surface area contributed by atoms with Gasteiger partial charge in [0.25, 0.3) is 0 Å². The first-order chi connectivity index (χ1) is 9.67. The molecule has 0 N–H and O–H groups in total. The van der Waals surface area contributed by atoms with Crippen LogP contribution in [0.2, 0.25) is 0 Å². The van der Waals surface area contributed by atoms with Crippen molar-refractivity contribution in [2.45, 2.75) is 12.5 Å². The molecule has 0 atom stereocenters. The number of halogens is 6. The molecule has 0 amide bonds. The Kier molecular flexibility index (Phi) is 3.85. The Bertz CT molecular complexity index is 630. The summed E-state index contributed by atoms with van der Waals surface area (Å²) in [4.78, 5) is 0. The third-order valence-electron chi connectivity index (χ3n) is 2.54. The Balaban J connectivity index is 2.46. The van der Waals surface area contributed by atoms with E-state index in [4.69, 9.17) is 0 Å². The highest BCUT2D eigenvalue weighted by Crippen LogP contribution is 2.38. The van der Waals surface area contributed by atoms with Gasteiger partial charge in [0.1, 0.15) is 5.75 Å². The third kappa shape index (κ3) is 3.90. The number of ether oxygens (including phenoxy) is 1. The molecule has 0 aromatic heterocycles. The molecule has 0 spiro atoms. The van der Waals surface area contributed by atoms with Crippen LogP contribution in [0.4, 0.5) is 26.3 Å². The Morgan fingerprint density at radius 3 is 2.19 bits per heavy atom. The minimum atomic E-state index is -4.93. The lowest BCUT2D eigenvalue weighted by Crippen LogP contribution is -2.17. The van der Waals surface area contributed by atoms with Crippen LogP contribution in [0.1, 0.15) is 5.56 Å². The van der Waals surface area contributed by atoms with Crippen LogP contribution in [-0.4, -0.2) is 6.36 Å². The fourth-order valence-corrected chi connectivity index (χ4v) is 1.78. The summed E-state index contributed by atoms with van der Waals surface area (Å²) in [6.45, 7) is 0. The zero-order chi connectivity index (χ0) is 15.7. The van der Waals surface area contributed by atoms with Crippen molar-refractivity contribution in [1.82, 2.24) is 0 Å². The zero-order valence-corrected chi connectivity index (χ0v) is 10.2. The molecule has 0 aliphatic heterocycles. The second kappa shape index (κ2) is 5.31. The molecule has 0 aliphatic carbocycles. The maximum Gasteiger partial charge on any atom is 0.573 e. The van der Waals surface area contributed by atoms with E-state index in [-0.39, 0.29) is 11.1 Å². The summed E-state index contributed by atoms with van der Waals surface area (Å²) in [7, 11) is 0. The summed E-state index contributed by atoms with van der Waals surface area (Å²) in [5.74, 6) is -0.697. The standard InChI is InChI=1S/C14H7F6O/c15-13(16,17)12-7-2-1-6-11(12)9-4-3-5-10(8-9)21-14(18,19)20/h1-4,6-8H. The van der Waals surface area contributed by atoms with E-state index in [9.17, 15) is 26.3 Å². The van der Waals surface area contributed by atoms with Gasteiger partial charge in [0.05, 0.1) is 5.56 Å². The monoisotopic (exact) mass is 305 g/mol. The molecule has 0 saturated heterocycles. The number of rotatable bonds is 2. The molecule has 1 nitrogen and oxygen atoms in total. The Morgan fingerprint density at radius 1 is 0.905 bits per heavy atom. The first kappa shape index (κ1) is 15.2. The number of hydrogen-bond acceptors (Lipinski definition) is 1. The highest BCUT2D eigenvalue weighted by atomic mass is 19.4. The molecule has 0 saturated carbocycles. The van der Waals surface area contributed by atoms with Gasteiger partial charge in [-0.25, -0.2) is 0 Å². The molecular formula is C14H7F6O. The van der Waals surface area contributed by atoms with Crippen molar-refractivity contribution < 1.29 is 31.1 Å². The van der Waals surface area contributed by atoms with Crippen LogP contribution < -0.4 is 4.74 Å². The number of alkyl halides is 6. The lowest BCUT2D eigenvalue weighted by molar-refractivity contribution is -0.274. The topological polar surface area (TPSA) is 9.23 Å². The lowest BCUT2D eigenvalue weighted by Gasteiger charge is -2.14. The van der Waals surface area contributed by atoms with E-state index >= 15 is 0 Å². The highest BCUT2D eigenvalue weighted by molar-refractivity contribution is 5.69. The largest absolute Gasteiger partial charge is 0.573 e. The summed E-state index contributed by atoms with van der Waals surface area (Å²) in [5.41, 5.74) is -1.21. The van der Waals surface area contributed by atoms with Gasteiger partial charge < -0.3 is 4.74 Å². The van der Waals surface area contributed by atoms with Gasteiger partial charge in [-0.3, -0.25) is 0 Å². The van der Waals surface area contributed by atoms with Crippen LogP contribution >= 0.6 is 0 Å². The van der Waals surface area contributed by atoms with Gasteiger partial charge in [-0.15, -0.1) is 13.2 Å². The van der Waals surface area contributed by atoms with Crippen LogP contribution in [0.5, 0.6) is 5.75 Å². The van der Waals surface area contributed by atoms with E-state index in [2.05, 4.69) is 10.8 Å². The van der Waals surface area contributed by atoms with Gasteiger partial charge in [0, 0.05) is 6.07 Å². The van der Waals surface area contributed by atoms with Crippen molar-refractivity contribution in [3.05, 3.63) is 54.1 Å². The second-order valence-electron chi connectivity index (χ2n) is 4.03. The van der Waals surface area contributed by atoms with Crippen LogP contribution in [0, 0.1) is 6.07 Å². The van der Waals surface area contributed by atoms with Crippen molar-refractivity contribution in [3.63, 3.8) is 0 Å². The van der Waals surface area contributed by atoms with Crippen LogP contribution in [0.15, 0.2) is 42.5 Å². The quantitative estimate of drug-likeness (QED) is 0.704. The molecular weight excluding hydrogens is 298 g/mol. The normalized spacial score (nSPS) is 12.3. The SMILES string of the molecule is FC(F)(F)Oc1[c]ccc(-c2ccccc2C(F)(F)F)c1. The first-order valence-electron chi connectivity index (χ1n) is 5.61. The van der Waals surface area contributed by atoms with Crippen LogP contribution in [-0.2, 0) is 6.18 Å². The maximum absolute atomic E-state index is 12.9. The molecule has 2 aromatic rings. The molecule has 111 valence electrons. The minimum absolute atomic E-state index is 0.0408. The average molecular weight is 305 g/mol. The summed E-state index contributed by atoms with van der Waals surface area (Å²) < 4.78 is 78.7. The van der Waals surface area contributed by atoms with E-state index in [0.717, 1.165) is 18.2 Å². The van der Waals surface area contributed by atoms with Gasteiger partial charge in [-0.05, 0) is 29.3 Å². The van der Waals surface area contributed by atoms with Crippen molar-refractivity contribution in [1.29, 1.82) is 0 Å². The Labute approximate surface area is 115 Å². The summed E-state index contributed by atoms with van der Waals surface area (Å²) in [6.07, 6.45) is -9.54. The molecule has 0 aliphatic rings. The second-order valence-corrected chi connectivity index (χ2v) is 4.03. The number of benzene rings is 2. The van der Waals surface area contributed by atoms with E-state index in [1.165, 1.54) is 24.3 Å². The third-order valence-corrected chi connectivity index (χ3v) is 2.54. The van der Waals surface area contributed by atoms with Gasteiger partial charge in [-0.1, -0.05) is 24.3 Å². The van der Waals surface area contributed by atoms with Crippen molar-refractivity contribution >= 4 is 0 Å². The molecule has 0 heterocycles. The highest BCUT2D eigenvalue weighted by Gasteiger charge is 2.34. The Morgan fingerprint density at radius 2 is 1.57 bits per heavy atom. The van der Waals surface area contributed by atoms with Gasteiger partial charge in [-0.2, -0.15) is 13.2 Å². The maximum atomic E-state index is 12.9. The number of hydrogen-bond donors (Lipinski definition) is 0. The molecule has 0 fully saturated rings. The van der Waals surface area contributed by atoms with Crippen LogP contribution in [0.3, 0.4) is 0 Å². The predicted octanol–water partition coefficient (Wildman–Crippen LogP) is 5.07. The van der Waals surface area contributed by atoms with Gasteiger partial charge >= 0.3 is 12.5 Å². The van der Waals surface area contributed by atoms with E-state index in [0.29, 0.717) is 0 Å².